The lowest BCUT2D eigenvalue weighted by molar-refractivity contribution is -0.0636. The monoisotopic (exact) mass is 405 g/mol. The van der Waals surface area contributed by atoms with Gasteiger partial charge in [-0.3, -0.25) is 15.2 Å². The van der Waals surface area contributed by atoms with E-state index in [4.69, 9.17) is 4.84 Å². The molecule has 0 aliphatic carbocycles. The Morgan fingerprint density at radius 1 is 1.03 bits per heavy atom. The average Bonchev–Trinajstić information content (AvgIpc) is 3.17. The summed E-state index contributed by atoms with van der Waals surface area (Å²) in [5.41, 5.74) is 7.15. The maximum Gasteiger partial charge on any atom is 0.324 e. The molecule has 0 aromatic heterocycles. The highest BCUT2D eigenvalue weighted by Gasteiger charge is 2.40. The number of piperidine rings is 1. The molecule has 2 aromatic carbocycles. The van der Waals surface area contributed by atoms with Gasteiger partial charge in [-0.1, -0.05) is 63.2 Å². The van der Waals surface area contributed by atoms with E-state index in [1.54, 1.807) is 4.90 Å². The van der Waals surface area contributed by atoms with Crippen LogP contribution in [0.1, 0.15) is 44.7 Å². The van der Waals surface area contributed by atoms with Crippen molar-refractivity contribution in [3.8, 4) is 0 Å². The smallest absolute Gasteiger partial charge is 0.324 e. The maximum atomic E-state index is 13.0. The molecule has 158 valence electrons. The molecule has 1 spiro atoms. The molecule has 5 nitrogen and oxygen atoms in total. The van der Waals surface area contributed by atoms with Gasteiger partial charge in [0.1, 0.15) is 5.60 Å². The van der Waals surface area contributed by atoms with Crippen LogP contribution in [0.15, 0.2) is 60.7 Å². The Bertz CT molecular complexity index is 921. The van der Waals surface area contributed by atoms with Crippen molar-refractivity contribution in [1.29, 1.82) is 0 Å². The SMILES string of the molecule is CN(C(=O)N1CCC2(C=C(c3ccccc3)NO2)CC1)c1ccc(C(C)(C)C)cc1. The molecule has 1 fully saturated rings. The third kappa shape index (κ3) is 4.08. The molecule has 0 saturated carbocycles. The van der Waals surface area contributed by atoms with Crippen LogP contribution in [-0.4, -0.2) is 36.7 Å². The number of anilines is 1. The van der Waals surface area contributed by atoms with E-state index in [2.05, 4.69) is 56.6 Å². The summed E-state index contributed by atoms with van der Waals surface area (Å²) in [7, 11) is 1.85. The minimum atomic E-state index is -0.338. The van der Waals surface area contributed by atoms with Gasteiger partial charge in [-0.15, -0.1) is 0 Å². The number of nitrogens with zero attached hydrogens (tertiary/aromatic N) is 2. The second kappa shape index (κ2) is 7.80. The number of hydroxylamine groups is 1. The van der Waals surface area contributed by atoms with Gasteiger partial charge >= 0.3 is 6.03 Å². The normalized spacial score (nSPS) is 18.1. The molecule has 5 heteroatoms. The van der Waals surface area contributed by atoms with Crippen LogP contribution in [0.25, 0.3) is 5.70 Å². The summed E-state index contributed by atoms with van der Waals surface area (Å²) in [5, 5.41) is 0. The number of carbonyl (C=O) groups excluding carboxylic acids is 1. The van der Waals surface area contributed by atoms with E-state index in [-0.39, 0.29) is 17.0 Å². The first-order valence-corrected chi connectivity index (χ1v) is 10.6. The number of hydrogen-bond donors (Lipinski definition) is 1. The van der Waals surface area contributed by atoms with Crippen molar-refractivity contribution in [1.82, 2.24) is 10.4 Å². The van der Waals surface area contributed by atoms with Gasteiger partial charge < -0.3 is 4.90 Å². The Balaban J connectivity index is 1.39. The lowest BCUT2D eigenvalue weighted by Gasteiger charge is -2.38. The molecular weight excluding hydrogens is 374 g/mol. The van der Waals surface area contributed by atoms with Gasteiger partial charge in [0, 0.05) is 38.7 Å². The van der Waals surface area contributed by atoms with E-state index in [1.807, 2.05) is 42.3 Å². The zero-order valence-corrected chi connectivity index (χ0v) is 18.3. The van der Waals surface area contributed by atoms with E-state index in [9.17, 15) is 4.79 Å². The molecule has 0 unspecified atom stereocenters. The molecule has 2 amide bonds. The predicted octanol–water partition coefficient (Wildman–Crippen LogP) is 4.95. The molecule has 30 heavy (non-hydrogen) atoms. The van der Waals surface area contributed by atoms with Crippen molar-refractivity contribution in [2.75, 3.05) is 25.0 Å². The first-order valence-electron chi connectivity index (χ1n) is 10.6. The van der Waals surface area contributed by atoms with Gasteiger partial charge in [0.2, 0.25) is 0 Å². The van der Waals surface area contributed by atoms with Crippen LogP contribution in [0.5, 0.6) is 0 Å². The Kier molecular flexibility index (Phi) is 5.33. The molecule has 2 heterocycles. The first-order chi connectivity index (χ1) is 14.3. The Morgan fingerprint density at radius 3 is 2.27 bits per heavy atom. The Morgan fingerprint density at radius 2 is 1.67 bits per heavy atom. The minimum absolute atomic E-state index is 0.0339. The van der Waals surface area contributed by atoms with Crippen LogP contribution >= 0.6 is 0 Å². The highest BCUT2D eigenvalue weighted by atomic mass is 16.7. The van der Waals surface area contributed by atoms with Crippen molar-refractivity contribution in [2.45, 2.75) is 44.6 Å². The summed E-state index contributed by atoms with van der Waals surface area (Å²) in [4.78, 5) is 22.7. The Labute approximate surface area is 179 Å². The van der Waals surface area contributed by atoms with Crippen molar-refractivity contribution in [3.05, 3.63) is 71.8 Å². The summed E-state index contributed by atoms with van der Waals surface area (Å²) in [6.07, 6.45) is 3.73. The quantitative estimate of drug-likeness (QED) is 0.769. The molecule has 0 bridgehead atoms. The summed E-state index contributed by atoms with van der Waals surface area (Å²) in [6, 6.07) is 18.5. The van der Waals surface area contributed by atoms with Crippen LogP contribution in [0.4, 0.5) is 10.5 Å². The third-order valence-electron chi connectivity index (χ3n) is 6.14. The van der Waals surface area contributed by atoms with Crippen molar-refractivity contribution in [2.24, 2.45) is 0 Å². The van der Waals surface area contributed by atoms with Crippen molar-refractivity contribution < 1.29 is 9.63 Å². The average molecular weight is 406 g/mol. The highest BCUT2D eigenvalue weighted by Crippen LogP contribution is 2.35. The van der Waals surface area contributed by atoms with Gasteiger partial charge in [-0.25, -0.2) is 4.79 Å². The number of benzene rings is 2. The zero-order chi connectivity index (χ0) is 21.4. The molecule has 2 aromatic rings. The largest absolute Gasteiger partial charge is 0.324 e. The second-order valence-corrected chi connectivity index (χ2v) is 9.32. The van der Waals surface area contributed by atoms with Gasteiger partial charge in [0.05, 0.1) is 5.70 Å². The zero-order valence-electron chi connectivity index (χ0n) is 18.3. The van der Waals surface area contributed by atoms with Crippen molar-refractivity contribution >= 4 is 17.4 Å². The van der Waals surface area contributed by atoms with E-state index in [1.165, 1.54) is 5.56 Å². The number of hydrogen-bond acceptors (Lipinski definition) is 3. The van der Waals surface area contributed by atoms with Crippen LogP contribution < -0.4 is 10.4 Å². The number of likely N-dealkylation sites (tertiary alicyclic amines) is 1. The number of urea groups is 1. The fraction of sp³-hybridized carbons (Fsp3) is 0.400. The van der Waals surface area contributed by atoms with Crippen LogP contribution in [-0.2, 0) is 10.3 Å². The number of carbonyl (C=O) groups is 1. The summed E-state index contributed by atoms with van der Waals surface area (Å²) >= 11 is 0. The van der Waals surface area contributed by atoms with E-state index < -0.39 is 0 Å². The number of rotatable bonds is 2. The van der Waals surface area contributed by atoms with E-state index in [0.717, 1.165) is 29.8 Å². The standard InChI is InChI=1S/C25H31N3O2/c1-24(2,3)20-10-12-21(13-11-20)27(4)23(29)28-16-14-25(15-17-28)18-22(26-30-25)19-8-6-5-7-9-19/h5-13,18,26H,14-17H2,1-4H3. The van der Waals surface area contributed by atoms with Crippen molar-refractivity contribution in [3.63, 3.8) is 0 Å². The van der Waals surface area contributed by atoms with Gasteiger partial charge in [0.15, 0.2) is 0 Å². The minimum Gasteiger partial charge on any atom is -0.324 e. The number of amides is 2. The van der Waals surface area contributed by atoms with E-state index >= 15 is 0 Å². The second-order valence-electron chi connectivity index (χ2n) is 9.32. The third-order valence-corrected chi connectivity index (χ3v) is 6.14. The predicted molar refractivity (Wildman–Crippen MR) is 121 cm³/mol. The van der Waals surface area contributed by atoms with Crippen LogP contribution in [0.3, 0.4) is 0 Å². The number of nitrogens with one attached hydrogen (secondary N) is 1. The molecule has 0 atom stereocenters. The molecular formula is C25H31N3O2. The van der Waals surface area contributed by atoms with Gasteiger partial charge in [0.25, 0.3) is 0 Å². The lowest BCUT2D eigenvalue weighted by atomic mass is 9.87. The maximum absolute atomic E-state index is 13.0. The first kappa shape index (κ1) is 20.5. The summed E-state index contributed by atoms with van der Waals surface area (Å²) in [6.45, 7) is 7.92. The van der Waals surface area contributed by atoms with Gasteiger partial charge in [-0.2, -0.15) is 0 Å². The highest BCUT2D eigenvalue weighted by molar-refractivity contribution is 5.91. The van der Waals surface area contributed by atoms with Crippen LogP contribution in [0.2, 0.25) is 0 Å². The molecule has 2 aliphatic heterocycles. The topological polar surface area (TPSA) is 44.8 Å². The lowest BCUT2D eigenvalue weighted by Crippen LogP contribution is -2.50. The molecule has 1 N–H and O–H groups in total. The van der Waals surface area contributed by atoms with Crippen LogP contribution in [0, 0.1) is 0 Å². The molecule has 2 aliphatic rings. The fourth-order valence-corrected chi connectivity index (χ4v) is 4.07. The summed E-state index contributed by atoms with van der Waals surface area (Å²) in [5.74, 6) is 0. The fourth-order valence-electron chi connectivity index (χ4n) is 4.07. The summed E-state index contributed by atoms with van der Waals surface area (Å²) < 4.78 is 0. The molecule has 4 rings (SSSR count). The van der Waals surface area contributed by atoms with Gasteiger partial charge in [-0.05, 0) is 34.8 Å². The molecule has 1 saturated heterocycles. The van der Waals surface area contributed by atoms with E-state index in [0.29, 0.717) is 13.1 Å². The molecule has 0 radical (unpaired) electrons. The Hall–Kier alpha value is -2.79.